The first-order chi connectivity index (χ1) is 15.8. The Bertz CT molecular complexity index is 1070. The summed E-state index contributed by atoms with van der Waals surface area (Å²) in [6.07, 6.45) is 1.25. The summed E-state index contributed by atoms with van der Waals surface area (Å²) in [5.41, 5.74) is 10.5. The van der Waals surface area contributed by atoms with Crippen molar-refractivity contribution < 1.29 is 9.59 Å². The van der Waals surface area contributed by atoms with Gasteiger partial charge in [-0.25, -0.2) is 0 Å². The fourth-order valence-electron chi connectivity index (χ4n) is 3.68. The predicted octanol–water partition coefficient (Wildman–Crippen LogP) is 3.16. The molecule has 1 heterocycles. The maximum atomic E-state index is 12.4. The third kappa shape index (κ3) is 6.58. The lowest BCUT2D eigenvalue weighted by atomic mass is 10.1. The minimum atomic E-state index is -0.0845. The number of para-hydroxylation sites is 2. The van der Waals surface area contributed by atoms with E-state index in [0.717, 1.165) is 28.3 Å². The topological polar surface area (TPSA) is 82.5 Å². The Morgan fingerprint density at radius 1 is 0.818 bits per heavy atom. The number of hydrazine groups is 2. The van der Waals surface area contributed by atoms with Crippen LogP contribution in [0, 0.1) is 13.8 Å². The summed E-state index contributed by atoms with van der Waals surface area (Å²) in [5.74, 6) is -0.144. The zero-order chi connectivity index (χ0) is 23.8. The van der Waals surface area contributed by atoms with Crippen molar-refractivity contribution >= 4 is 23.2 Å². The summed E-state index contributed by atoms with van der Waals surface area (Å²) >= 11 is 0. The van der Waals surface area contributed by atoms with Crippen molar-refractivity contribution in [3.63, 3.8) is 0 Å². The maximum absolute atomic E-state index is 12.4. The molecule has 33 heavy (non-hydrogen) atoms. The summed E-state index contributed by atoms with van der Waals surface area (Å²) in [5, 5.41) is 8.01. The van der Waals surface area contributed by atoms with Crippen molar-refractivity contribution in [1.29, 1.82) is 0 Å². The molecule has 0 aliphatic rings. The van der Waals surface area contributed by atoms with Gasteiger partial charge < -0.3 is 0 Å². The molecule has 0 aliphatic carbocycles. The summed E-state index contributed by atoms with van der Waals surface area (Å²) in [7, 11) is 3.64. The van der Waals surface area contributed by atoms with Gasteiger partial charge in [-0.1, -0.05) is 36.4 Å². The maximum Gasteiger partial charge on any atom is 0.240 e. The van der Waals surface area contributed by atoms with Crippen molar-refractivity contribution in [2.24, 2.45) is 0 Å². The first kappa shape index (κ1) is 23.8. The van der Waals surface area contributed by atoms with Crippen molar-refractivity contribution in [1.82, 2.24) is 20.6 Å². The van der Waals surface area contributed by atoms with E-state index >= 15 is 0 Å². The van der Waals surface area contributed by atoms with Crippen LogP contribution in [0.4, 0.5) is 11.4 Å². The van der Waals surface area contributed by atoms with E-state index in [1.807, 2.05) is 93.3 Å². The fourth-order valence-corrected chi connectivity index (χ4v) is 3.68. The Labute approximate surface area is 195 Å². The zero-order valence-corrected chi connectivity index (χ0v) is 19.7. The number of aryl methyl sites for hydroxylation is 2. The molecule has 0 saturated heterocycles. The van der Waals surface area contributed by atoms with Crippen LogP contribution in [-0.4, -0.2) is 35.7 Å². The molecule has 2 N–H and O–H groups in total. The molecule has 2 amide bonds. The molecule has 0 spiro atoms. The van der Waals surface area contributed by atoms with Gasteiger partial charge in [0.05, 0.1) is 23.6 Å². The summed E-state index contributed by atoms with van der Waals surface area (Å²) in [6, 6.07) is 19.3. The molecule has 8 nitrogen and oxygen atoms in total. The number of nitrogens with zero attached hydrogens (tertiary/aromatic N) is 4. The number of amides is 2. The predicted molar refractivity (Wildman–Crippen MR) is 131 cm³/mol. The molecule has 0 aliphatic heterocycles. The minimum absolute atomic E-state index is 0.0590. The van der Waals surface area contributed by atoms with Gasteiger partial charge in [-0.3, -0.25) is 35.1 Å². The number of hydrogen-bond donors (Lipinski definition) is 2. The Morgan fingerprint density at radius 2 is 1.30 bits per heavy atom. The Hall–Kier alpha value is -3.81. The van der Waals surface area contributed by atoms with Crippen LogP contribution in [0.5, 0.6) is 0 Å². The number of anilines is 2. The van der Waals surface area contributed by atoms with Gasteiger partial charge in [0.2, 0.25) is 11.8 Å². The second kappa shape index (κ2) is 11.2. The highest BCUT2D eigenvalue weighted by molar-refractivity contribution is 5.78. The highest BCUT2D eigenvalue weighted by Gasteiger charge is 2.15. The Balaban J connectivity index is 1.50. The van der Waals surface area contributed by atoms with E-state index in [9.17, 15) is 9.59 Å². The quantitative estimate of drug-likeness (QED) is 0.466. The van der Waals surface area contributed by atoms with Crippen LogP contribution in [0.1, 0.15) is 29.8 Å². The molecule has 3 aromatic rings. The Morgan fingerprint density at radius 3 is 1.82 bits per heavy atom. The molecule has 0 fully saturated rings. The zero-order valence-electron chi connectivity index (χ0n) is 19.7. The number of nitrogens with one attached hydrogen (secondary N) is 2. The number of carbonyl (C=O) groups is 2. The van der Waals surface area contributed by atoms with Crippen LogP contribution >= 0.6 is 0 Å². The lowest BCUT2D eigenvalue weighted by molar-refractivity contribution is -0.122. The molecule has 0 atom stereocenters. The van der Waals surface area contributed by atoms with Gasteiger partial charge in [-0.05, 0) is 50.1 Å². The normalized spacial score (nSPS) is 10.5. The van der Waals surface area contributed by atoms with E-state index in [-0.39, 0.29) is 11.8 Å². The van der Waals surface area contributed by atoms with Gasteiger partial charge in [0, 0.05) is 32.6 Å². The molecule has 2 aromatic carbocycles. The number of hydrogen-bond acceptors (Lipinski definition) is 5. The molecule has 8 heteroatoms. The van der Waals surface area contributed by atoms with Gasteiger partial charge in [-0.2, -0.15) is 5.10 Å². The van der Waals surface area contributed by atoms with E-state index in [4.69, 9.17) is 0 Å². The number of aromatic nitrogens is 2. The van der Waals surface area contributed by atoms with Gasteiger partial charge in [-0.15, -0.1) is 0 Å². The fraction of sp³-hybridized carbons (Fsp3) is 0.320. The van der Waals surface area contributed by atoms with Gasteiger partial charge >= 0.3 is 0 Å². The third-order valence-corrected chi connectivity index (χ3v) is 5.56. The lowest BCUT2D eigenvalue weighted by Gasteiger charge is -2.20. The number of carbonyl (C=O) groups excluding carboxylic acids is 2. The van der Waals surface area contributed by atoms with E-state index in [1.165, 1.54) is 0 Å². The van der Waals surface area contributed by atoms with E-state index in [2.05, 4.69) is 16.0 Å². The van der Waals surface area contributed by atoms with Crippen LogP contribution in [0.15, 0.2) is 60.7 Å². The first-order valence-corrected chi connectivity index (χ1v) is 11.0. The molecule has 3 rings (SSSR count). The van der Waals surface area contributed by atoms with Crippen molar-refractivity contribution in [3.05, 3.63) is 77.6 Å². The van der Waals surface area contributed by atoms with Gasteiger partial charge in [0.25, 0.3) is 0 Å². The van der Waals surface area contributed by atoms with Crippen LogP contribution < -0.4 is 20.9 Å². The van der Waals surface area contributed by atoms with Crippen LogP contribution in [0.3, 0.4) is 0 Å². The standard InChI is InChI=1S/C25H32N6O2/c1-19-23(15-16-24(32)27-29(3)21-11-7-5-8-12-21)20(2)31(26-19)18-17-25(33)28-30(4)22-13-9-6-10-14-22/h5-14H,15-18H2,1-4H3,(H,27,32)(H,28,33). The molecule has 174 valence electrons. The lowest BCUT2D eigenvalue weighted by Crippen LogP contribution is -2.39. The molecule has 0 radical (unpaired) electrons. The van der Waals surface area contributed by atoms with E-state index in [0.29, 0.717) is 25.8 Å². The van der Waals surface area contributed by atoms with Crippen LogP contribution in [-0.2, 0) is 22.6 Å². The molecule has 0 unspecified atom stereocenters. The van der Waals surface area contributed by atoms with Gasteiger partial charge in [0.15, 0.2) is 0 Å². The molecular formula is C25H32N6O2. The first-order valence-electron chi connectivity index (χ1n) is 11.0. The molecule has 1 aromatic heterocycles. The Kier molecular flexibility index (Phi) is 8.07. The SMILES string of the molecule is Cc1nn(CCC(=O)NN(C)c2ccccc2)c(C)c1CCC(=O)NN(C)c1ccccc1. The van der Waals surface area contributed by atoms with E-state index < -0.39 is 0 Å². The highest BCUT2D eigenvalue weighted by Crippen LogP contribution is 2.16. The minimum Gasteiger partial charge on any atom is -0.289 e. The largest absolute Gasteiger partial charge is 0.289 e. The summed E-state index contributed by atoms with van der Waals surface area (Å²) in [4.78, 5) is 24.8. The monoisotopic (exact) mass is 448 g/mol. The second-order valence-electron chi connectivity index (χ2n) is 7.98. The number of rotatable bonds is 10. The summed E-state index contributed by atoms with van der Waals surface area (Å²) in [6.45, 7) is 4.40. The number of benzene rings is 2. The molecular weight excluding hydrogens is 416 g/mol. The highest BCUT2D eigenvalue weighted by atomic mass is 16.2. The van der Waals surface area contributed by atoms with Crippen molar-refractivity contribution in [3.8, 4) is 0 Å². The van der Waals surface area contributed by atoms with Crippen LogP contribution in [0.25, 0.3) is 0 Å². The average Bonchev–Trinajstić information content (AvgIpc) is 3.09. The second-order valence-corrected chi connectivity index (χ2v) is 7.98. The average molecular weight is 449 g/mol. The summed E-state index contributed by atoms with van der Waals surface area (Å²) < 4.78 is 1.85. The molecule has 0 bridgehead atoms. The van der Waals surface area contributed by atoms with Crippen molar-refractivity contribution in [2.75, 3.05) is 24.1 Å². The molecule has 0 saturated carbocycles. The van der Waals surface area contributed by atoms with Gasteiger partial charge in [0.1, 0.15) is 0 Å². The van der Waals surface area contributed by atoms with Crippen LogP contribution in [0.2, 0.25) is 0 Å². The third-order valence-electron chi connectivity index (χ3n) is 5.56. The van der Waals surface area contributed by atoms with Crippen molar-refractivity contribution in [2.45, 2.75) is 39.7 Å². The smallest absolute Gasteiger partial charge is 0.240 e. The van der Waals surface area contributed by atoms with E-state index in [1.54, 1.807) is 10.0 Å².